The third kappa shape index (κ3) is 4.99. The molecule has 2 aliphatic rings. The summed E-state index contributed by atoms with van der Waals surface area (Å²) < 4.78 is 12.9. The molecule has 3 heterocycles. The first-order valence-electron chi connectivity index (χ1n) is 9.55. The maximum atomic E-state index is 12.3. The van der Waals surface area contributed by atoms with Crippen molar-refractivity contribution in [3.63, 3.8) is 0 Å². The molecule has 0 aromatic carbocycles. The maximum absolute atomic E-state index is 12.3. The van der Waals surface area contributed by atoms with Crippen LogP contribution in [-0.2, 0) is 27.1 Å². The zero-order chi connectivity index (χ0) is 19.4. The van der Waals surface area contributed by atoms with Gasteiger partial charge in [0.05, 0.1) is 11.8 Å². The number of imidazole rings is 1. The van der Waals surface area contributed by atoms with E-state index in [4.69, 9.17) is 9.47 Å². The smallest absolute Gasteiger partial charge is 0.330 e. The van der Waals surface area contributed by atoms with E-state index < -0.39 is 17.9 Å². The number of allylic oxidation sites excluding steroid dienone is 3. The average Bonchev–Trinajstić information content (AvgIpc) is 2.92. The summed E-state index contributed by atoms with van der Waals surface area (Å²) in [5.74, 6) is -2.08. The standard InChI is InChI=1S/C20H28N2O5/c1-14-8-6-4-3-5-7-9-15-11-16(26-18(23)10-14)12-20(25,27-15)17-13-22(2)19(24)21-17/h3-4,10,13,15-16,25H,5-9,11-12H2,1-2H3,(H,21,24)/b4-3-,14-10-/t15-,16-,20-/m1/s1. The molecule has 1 saturated heterocycles. The highest BCUT2D eigenvalue weighted by atomic mass is 16.6. The third-order valence-electron chi connectivity index (χ3n) is 5.11. The first-order valence-corrected chi connectivity index (χ1v) is 9.55. The Morgan fingerprint density at radius 2 is 2.04 bits per heavy atom. The van der Waals surface area contributed by atoms with Crippen LogP contribution >= 0.6 is 0 Å². The van der Waals surface area contributed by atoms with E-state index in [2.05, 4.69) is 17.1 Å². The Morgan fingerprint density at radius 1 is 1.26 bits per heavy atom. The lowest BCUT2D eigenvalue weighted by molar-refractivity contribution is -0.285. The quantitative estimate of drug-likeness (QED) is 0.580. The van der Waals surface area contributed by atoms with Crippen LogP contribution in [0.25, 0.3) is 0 Å². The molecular weight excluding hydrogens is 348 g/mol. The number of aromatic nitrogens is 2. The third-order valence-corrected chi connectivity index (χ3v) is 5.11. The van der Waals surface area contributed by atoms with E-state index in [1.807, 2.05) is 6.92 Å². The molecule has 1 fully saturated rings. The maximum Gasteiger partial charge on any atom is 0.330 e. The summed E-state index contributed by atoms with van der Waals surface area (Å²) in [6, 6.07) is 0. The van der Waals surface area contributed by atoms with Gasteiger partial charge in [-0.2, -0.15) is 0 Å². The van der Waals surface area contributed by atoms with Gasteiger partial charge in [-0.05, 0) is 39.0 Å². The number of carbonyl (C=O) groups excluding carboxylic acids is 1. The van der Waals surface area contributed by atoms with Crippen LogP contribution in [0, 0.1) is 0 Å². The van der Waals surface area contributed by atoms with Crippen molar-refractivity contribution in [2.75, 3.05) is 0 Å². The van der Waals surface area contributed by atoms with Gasteiger partial charge in [-0.25, -0.2) is 9.59 Å². The average molecular weight is 376 g/mol. The molecule has 2 aliphatic heterocycles. The number of hydrogen-bond acceptors (Lipinski definition) is 5. The molecule has 27 heavy (non-hydrogen) atoms. The number of fused-ring (bicyclic) bond motifs is 2. The highest BCUT2D eigenvalue weighted by molar-refractivity contribution is 5.82. The normalized spacial score (nSPS) is 33.4. The molecule has 0 amide bonds. The summed E-state index contributed by atoms with van der Waals surface area (Å²) >= 11 is 0. The minimum Gasteiger partial charge on any atom is -0.459 e. The van der Waals surface area contributed by atoms with E-state index in [1.165, 1.54) is 16.8 Å². The first-order chi connectivity index (χ1) is 12.9. The molecular formula is C20H28N2O5. The van der Waals surface area contributed by atoms with Crippen molar-refractivity contribution in [2.24, 2.45) is 7.05 Å². The zero-order valence-electron chi connectivity index (χ0n) is 15.9. The van der Waals surface area contributed by atoms with E-state index in [9.17, 15) is 14.7 Å². The zero-order valence-corrected chi connectivity index (χ0v) is 15.9. The molecule has 0 radical (unpaired) electrons. The van der Waals surface area contributed by atoms with Gasteiger partial charge in [-0.1, -0.05) is 17.7 Å². The van der Waals surface area contributed by atoms with Crippen molar-refractivity contribution in [1.29, 1.82) is 0 Å². The van der Waals surface area contributed by atoms with E-state index in [-0.39, 0.29) is 23.9 Å². The van der Waals surface area contributed by atoms with Crippen LogP contribution in [-0.4, -0.2) is 32.8 Å². The number of hydrogen-bond donors (Lipinski definition) is 2. The number of aromatic amines is 1. The molecule has 2 bridgehead atoms. The topological polar surface area (TPSA) is 93.6 Å². The summed E-state index contributed by atoms with van der Waals surface area (Å²) in [6.07, 6.45) is 11.5. The van der Waals surface area contributed by atoms with Crippen LogP contribution < -0.4 is 5.69 Å². The Kier molecular flexibility index (Phi) is 6.01. The predicted molar refractivity (Wildman–Crippen MR) is 99.9 cm³/mol. The largest absolute Gasteiger partial charge is 0.459 e. The monoisotopic (exact) mass is 376 g/mol. The summed E-state index contributed by atoms with van der Waals surface area (Å²) in [7, 11) is 1.60. The van der Waals surface area contributed by atoms with Crippen molar-refractivity contribution in [2.45, 2.75) is 69.9 Å². The summed E-state index contributed by atoms with van der Waals surface area (Å²) in [4.78, 5) is 26.7. The minimum atomic E-state index is -1.68. The molecule has 7 heteroatoms. The number of carbonyl (C=O) groups is 1. The van der Waals surface area contributed by atoms with Gasteiger partial charge < -0.3 is 24.1 Å². The van der Waals surface area contributed by atoms with Crippen molar-refractivity contribution < 1.29 is 19.4 Å². The number of nitrogens with one attached hydrogen (secondary N) is 1. The fourth-order valence-electron chi connectivity index (χ4n) is 3.67. The van der Waals surface area contributed by atoms with Gasteiger partial charge in [0.15, 0.2) is 0 Å². The van der Waals surface area contributed by atoms with E-state index in [0.717, 1.165) is 37.7 Å². The number of rotatable bonds is 1. The molecule has 0 saturated carbocycles. The second-order valence-electron chi connectivity index (χ2n) is 7.54. The van der Waals surface area contributed by atoms with Crippen molar-refractivity contribution >= 4 is 5.97 Å². The number of aryl methyl sites for hydroxylation is 1. The van der Waals surface area contributed by atoms with E-state index >= 15 is 0 Å². The fraction of sp³-hybridized carbons (Fsp3) is 0.600. The second kappa shape index (κ2) is 8.27. The first kappa shape index (κ1) is 19.6. The molecule has 1 aromatic heterocycles. The molecule has 148 valence electrons. The SMILES string of the molecule is C/C1=C/C(=O)O[C@@H]2C[C@@H](CCC/C=C\CC1)O[C@@](O)(c1cn(C)c(=O)[nH]1)C2. The van der Waals surface area contributed by atoms with E-state index in [1.54, 1.807) is 7.05 Å². The van der Waals surface area contributed by atoms with Crippen LogP contribution in [0.3, 0.4) is 0 Å². The number of ether oxygens (including phenoxy) is 2. The fourth-order valence-corrected chi connectivity index (χ4v) is 3.67. The van der Waals surface area contributed by atoms with Gasteiger partial charge in [-0.3, -0.25) is 0 Å². The number of H-pyrrole nitrogens is 1. The van der Waals surface area contributed by atoms with Crippen LogP contribution in [0.4, 0.5) is 0 Å². The second-order valence-corrected chi connectivity index (χ2v) is 7.54. The number of aliphatic hydroxyl groups is 1. The summed E-state index contributed by atoms with van der Waals surface area (Å²) in [6.45, 7) is 1.92. The Morgan fingerprint density at radius 3 is 2.78 bits per heavy atom. The van der Waals surface area contributed by atoms with Crippen LogP contribution in [0.5, 0.6) is 0 Å². The van der Waals surface area contributed by atoms with Crippen molar-refractivity contribution in [1.82, 2.24) is 9.55 Å². The van der Waals surface area contributed by atoms with Crippen LogP contribution in [0.15, 0.2) is 34.8 Å². The molecule has 3 rings (SSSR count). The number of esters is 1. The lowest BCUT2D eigenvalue weighted by atomic mass is 9.93. The molecule has 7 nitrogen and oxygen atoms in total. The lowest BCUT2D eigenvalue weighted by Crippen LogP contribution is -2.45. The van der Waals surface area contributed by atoms with Crippen molar-refractivity contribution in [3.05, 3.63) is 46.2 Å². The highest BCUT2D eigenvalue weighted by Crippen LogP contribution is 2.37. The Hall–Kier alpha value is -2.12. The van der Waals surface area contributed by atoms with Crippen LogP contribution in [0.1, 0.15) is 57.6 Å². The molecule has 2 N–H and O–H groups in total. The molecule has 3 atom stereocenters. The van der Waals surface area contributed by atoms with Gasteiger partial charge in [0.25, 0.3) is 0 Å². The van der Waals surface area contributed by atoms with Crippen molar-refractivity contribution in [3.8, 4) is 0 Å². The molecule has 0 aliphatic carbocycles. The molecule has 1 aromatic rings. The highest BCUT2D eigenvalue weighted by Gasteiger charge is 2.44. The summed E-state index contributed by atoms with van der Waals surface area (Å²) in [5, 5.41) is 11.1. The minimum absolute atomic E-state index is 0.0853. The van der Waals surface area contributed by atoms with Gasteiger partial charge in [0, 0.05) is 32.2 Å². The lowest BCUT2D eigenvalue weighted by Gasteiger charge is -2.40. The van der Waals surface area contributed by atoms with E-state index in [0.29, 0.717) is 6.42 Å². The van der Waals surface area contributed by atoms with Gasteiger partial charge in [-0.15, -0.1) is 0 Å². The Bertz CT molecular complexity index is 791. The summed E-state index contributed by atoms with van der Waals surface area (Å²) in [5.41, 5.74) is 0.921. The van der Waals surface area contributed by atoms with Gasteiger partial charge >= 0.3 is 11.7 Å². The predicted octanol–water partition coefficient (Wildman–Crippen LogP) is 2.42. The van der Waals surface area contributed by atoms with Gasteiger partial charge in [0.2, 0.25) is 5.79 Å². The molecule has 0 unspecified atom stereocenters. The number of nitrogens with zero attached hydrogens (tertiary/aromatic N) is 1. The Labute approximate surface area is 158 Å². The molecule has 0 spiro atoms. The van der Waals surface area contributed by atoms with Crippen LogP contribution in [0.2, 0.25) is 0 Å². The van der Waals surface area contributed by atoms with Gasteiger partial charge in [0.1, 0.15) is 6.10 Å². The Balaban J connectivity index is 1.84.